The van der Waals surface area contributed by atoms with Crippen LogP contribution in [0.1, 0.15) is 24.2 Å². The Morgan fingerprint density at radius 1 is 0.857 bits per heavy atom. The molecule has 1 saturated carbocycles. The van der Waals surface area contributed by atoms with Crippen LogP contribution in [0, 0.1) is 6.92 Å². The number of nitrogens with one attached hydrogen (secondary N) is 3. The van der Waals surface area contributed by atoms with Gasteiger partial charge < -0.3 is 20.7 Å². The average molecular weight is 467 g/mol. The highest BCUT2D eigenvalue weighted by Crippen LogP contribution is 2.52. The number of aryl methyl sites for hydroxylation is 1. The first-order valence-electron chi connectivity index (χ1n) is 11.4. The third kappa shape index (κ3) is 4.91. The maximum atomic E-state index is 13.2. The van der Waals surface area contributed by atoms with Crippen molar-refractivity contribution in [1.29, 1.82) is 0 Å². The number of hydrogen-bond donors (Lipinski definition) is 3. The van der Waals surface area contributed by atoms with Gasteiger partial charge >= 0.3 is 0 Å². The summed E-state index contributed by atoms with van der Waals surface area (Å²) in [4.78, 5) is 26.3. The molecule has 0 atom stereocenters. The highest BCUT2D eigenvalue weighted by Gasteiger charge is 2.52. The summed E-state index contributed by atoms with van der Waals surface area (Å²) in [6.45, 7) is 1.84. The Labute approximate surface area is 203 Å². The van der Waals surface area contributed by atoms with E-state index >= 15 is 0 Å². The predicted octanol–water partition coefficient (Wildman–Crippen LogP) is 5.35. The first-order valence-corrected chi connectivity index (χ1v) is 11.4. The predicted molar refractivity (Wildman–Crippen MR) is 137 cm³/mol. The van der Waals surface area contributed by atoms with Crippen LogP contribution in [-0.2, 0) is 10.2 Å². The van der Waals surface area contributed by atoms with Gasteiger partial charge in [-0.25, -0.2) is 15.0 Å². The summed E-state index contributed by atoms with van der Waals surface area (Å²) in [5.74, 6) is 3.37. The van der Waals surface area contributed by atoms with Gasteiger partial charge in [-0.1, -0.05) is 24.3 Å². The zero-order valence-corrected chi connectivity index (χ0v) is 19.6. The van der Waals surface area contributed by atoms with E-state index in [9.17, 15) is 4.79 Å². The summed E-state index contributed by atoms with van der Waals surface area (Å²) in [5, 5.41) is 9.55. The van der Waals surface area contributed by atoms with E-state index in [0.29, 0.717) is 23.3 Å². The first-order chi connectivity index (χ1) is 17.1. The Kier molecular flexibility index (Phi) is 6.01. The summed E-state index contributed by atoms with van der Waals surface area (Å²) in [5.41, 5.74) is 1.99. The molecule has 1 aliphatic carbocycles. The Morgan fingerprint density at radius 2 is 1.54 bits per heavy atom. The molecule has 8 heteroatoms. The molecule has 1 fully saturated rings. The second kappa shape index (κ2) is 9.42. The Bertz CT molecular complexity index is 1340. The van der Waals surface area contributed by atoms with Crippen molar-refractivity contribution in [3.8, 4) is 5.75 Å². The van der Waals surface area contributed by atoms with Crippen molar-refractivity contribution in [2.75, 3.05) is 23.1 Å². The van der Waals surface area contributed by atoms with Crippen molar-refractivity contribution >= 4 is 34.7 Å². The molecule has 4 aromatic rings. The number of carbonyl (C=O) groups is 1. The highest BCUT2D eigenvalue weighted by molar-refractivity contribution is 6.02. The number of hydrogen-bond acceptors (Lipinski definition) is 7. The van der Waals surface area contributed by atoms with Crippen LogP contribution >= 0.6 is 0 Å². The molecule has 0 spiro atoms. The second-order valence-electron chi connectivity index (χ2n) is 8.46. The van der Waals surface area contributed by atoms with E-state index in [1.54, 1.807) is 13.3 Å². The van der Waals surface area contributed by atoms with Crippen LogP contribution < -0.4 is 20.7 Å². The van der Waals surface area contributed by atoms with E-state index in [2.05, 4.69) is 30.9 Å². The molecule has 5 rings (SSSR count). The number of rotatable bonds is 8. The number of pyridine rings is 1. The number of para-hydroxylation sites is 1. The lowest BCUT2D eigenvalue weighted by Gasteiger charge is -2.18. The van der Waals surface area contributed by atoms with Gasteiger partial charge in [0.05, 0.1) is 12.5 Å². The number of amides is 1. The zero-order chi connectivity index (χ0) is 24.3. The Hall–Kier alpha value is -4.46. The number of benzene rings is 2. The second-order valence-corrected chi connectivity index (χ2v) is 8.46. The summed E-state index contributed by atoms with van der Waals surface area (Å²) >= 11 is 0. The van der Waals surface area contributed by atoms with Gasteiger partial charge in [0.25, 0.3) is 0 Å². The third-order valence-corrected chi connectivity index (χ3v) is 5.98. The minimum atomic E-state index is -0.529. The molecule has 0 unspecified atom stereocenters. The minimum absolute atomic E-state index is 0.0145. The van der Waals surface area contributed by atoms with Gasteiger partial charge in [0.2, 0.25) is 5.91 Å². The number of ether oxygens (including phenoxy) is 1. The molecule has 2 aromatic carbocycles. The van der Waals surface area contributed by atoms with Crippen LogP contribution in [0.3, 0.4) is 0 Å². The lowest BCUT2D eigenvalue weighted by Crippen LogP contribution is -2.28. The van der Waals surface area contributed by atoms with Gasteiger partial charge in [0.1, 0.15) is 29.0 Å². The first kappa shape index (κ1) is 22.3. The fourth-order valence-electron chi connectivity index (χ4n) is 4.08. The molecule has 1 aliphatic rings. The number of methoxy groups -OCH3 is 1. The average Bonchev–Trinajstić information content (AvgIpc) is 3.68. The molecule has 8 nitrogen and oxygen atoms in total. The number of nitrogens with zero attached hydrogens (tertiary/aromatic N) is 3. The standard InChI is InChI=1S/C27H26N6O2/c1-18-29-24(17-25(30-18)33-23-9-5-6-16-28-23)31-19-10-12-20(13-11-19)32-26(34)27(14-15-27)21-7-3-4-8-22(21)35-2/h3-13,16-17H,14-15H2,1-2H3,(H,32,34)(H2,28,29,30,31,33). The molecule has 176 valence electrons. The van der Waals surface area contributed by atoms with E-state index in [4.69, 9.17) is 4.74 Å². The number of carbonyl (C=O) groups excluding carboxylic acids is 1. The number of aromatic nitrogens is 3. The molecule has 0 bridgehead atoms. The van der Waals surface area contributed by atoms with Gasteiger partial charge in [-0.15, -0.1) is 0 Å². The normalized spacial score (nSPS) is 13.5. The summed E-state index contributed by atoms with van der Waals surface area (Å²) in [7, 11) is 1.63. The van der Waals surface area contributed by atoms with Crippen molar-refractivity contribution in [1.82, 2.24) is 15.0 Å². The quantitative estimate of drug-likeness (QED) is 0.322. The van der Waals surface area contributed by atoms with Crippen molar-refractivity contribution in [2.45, 2.75) is 25.2 Å². The smallest absolute Gasteiger partial charge is 0.235 e. The summed E-state index contributed by atoms with van der Waals surface area (Å²) < 4.78 is 5.49. The monoisotopic (exact) mass is 466 g/mol. The molecule has 0 saturated heterocycles. The topological polar surface area (TPSA) is 101 Å². The van der Waals surface area contributed by atoms with Crippen molar-refractivity contribution in [2.24, 2.45) is 0 Å². The molecule has 3 N–H and O–H groups in total. The van der Waals surface area contributed by atoms with Crippen LogP contribution in [0.2, 0.25) is 0 Å². The van der Waals surface area contributed by atoms with Gasteiger partial charge in [-0.05, 0) is 62.2 Å². The van der Waals surface area contributed by atoms with Crippen molar-refractivity contribution < 1.29 is 9.53 Å². The summed E-state index contributed by atoms with van der Waals surface area (Å²) in [6, 6.07) is 22.7. The largest absolute Gasteiger partial charge is 0.496 e. The fraction of sp³-hybridized carbons (Fsp3) is 0.185. The van der Waals surface area contributed by atoms with Crippen LogP contribution in [0.15, 0.2) is 79.0 Å². The van der Waals surface area contributed by atoms with Crippen molar-refractivity contribution in [3.63, 3.8) is 0 Å². The van der Waals surface area contributed by atoms with Crippen LogP contribution in [-0.4, -0.2) is 28.0 Å². The highest BCUT2D eigenvalue weighted by atomic mass is 16.5. The van der Waals surface area contributed by atoms with Gasteiger partial charge in [0, 0.05) is 29.2 Å². The molecule has 0 aliphatic heterocycles. The van der Waals surface area contributed by atoms with E-state index in [-0.39, 0.29) is 5.91 Å². The lowest BCUT2D eigenvalue weighted by molar-refractivity contribution is -0.118. The maximum absolute atomic E-state index is 13.2. The van der Waals surface area contributed by atoms with E-state index in [1.807, 2.05) is 79.7 Å². The van der Waals surface area contributed by atoms with Crippen LogP contribution in [0.4, 0.5) is 28.8 Å². The van der Waals surface area contributed by atoms with Crippen LogP contribution in [0.5, 0.6) is 5.75 Å². The minimum Gasteiger partial charge on any atom is -0.496 e. The maximum Gasteiger partial charge on any atom is 0.235 e. The summed E-state index contributed by atoms with van der Waals surface area (Å²) in [6.07, 6.45) is 3.33. The van der Waals surface area contributed by atoms with Gasteiger partial charge in [-0.2, -0.15) is 0 Å². The zero-order valence-electron chi connectivity index (χ0n) is 19.6. The van der Waals surface area contributed by atoms with Crippen molar-refractivity contribution in [3.05, 3.63) is 90.4 Å². The lowest BCUT2D eigenvalue weighted by atomic mass is 9.94. The molecule has 2 aromatic heterocycles. The molecule has 2 heterocycles. The van der Waals surface area contributed by atoms with E-state index in [1.165, 1.54) is 0 Å². The molecular formula is C27H26N6O2. The number of anilines is 5. The van der Waals surface area contributed by atoms with E-state index in [0.717, 1.165) is 35.5 Å². The van der Waals surface area contributed by atoms with Gasteiger partial charge in [0.15, 0.2) is 0 Å². The SMILES string of the molecule is COc1ccccc1C1(C(=O)Nc2ccc(Nc3cc(Nc4ccccn4)nc(C)n3)cc2)CC1. The van der Waals surface area contributed by atoms with E-state index < -0.39 is 5.41 Å². The third-order valence-electron chi connectivity index (χ3n) is 5.98. The molecule has 0 radical (unpaired) electrons. The van der Waals surface area contributed by atoms with Gasteiger partial charge in [-0.3, -0.25) is 4.79 Å². The van der Waals surface area contributed by atoms with Crippen LogP contribution in [0.25, 0.3) is 0 Å². The molecule has 35 heavy (non-hydrogen) atoms. The molecule has 1 amide bonds. The molecular weight excluding hydrogens is 440 g/mol. The fourth-order valence-corrected chi connectivity index (χ4v) is 4.08. The Balaban J connectivity index is 1.26. The Morgan fingerprint density at radius 3 is 2.23 bits per heavy atom.